The summed E-state index contributed by atoms with van der Waals surface area (Å²) >= 11 is 0. The summed E-state index contributed by atoms with van der Waals surface area (Å²) in [6.07, 6.45) is 7.63. The van der Waals surface area contributed by atoms with Gasteiger partial charge in [0.25, 0.3) is 5.91 Å². The topological polar surface area (TPSA) is 67.8 Å². The second kappa shape index (κ2) is 10.1. The molecule has 2 aliphatic heterocycles. The highest BCUT2D eigenvalue weighted by Crippen LogP contribution is 2.22. The number of hydrogen-bond acceptors (Lipinski definition) is 6. The minimum Gasteiger partial charge on any atom is -0.383 e. The van der Waals surface area contributed by atoms with E-state index in [0.29, 0.717) is 18.0 Å². The minimum atomic E-state index is 0.0328. The van der Waals surface area contributed by atoms with Crippen LogP contribution >= 0.6 is 0 Å². The van der Waals surface area contributed by atoms with Gasteiger partial charge in [0.05, 0.1) is 24.0 Å². The molecule has 0 spiro atoms. The summed E-state index contributed by atoms with van der Waals surface area (Å²) in [4.78, 5) is 25.9. The van der Waals surface area contributed by atoms with Crippen molar-refractivity contribution >= 4 is 5.91 Å². The molecular weight excluding hydrogens is 344 g/mol. The van der Waals surface area contributed by atoms with E-state index in [9.17, 15) is 4.79 Å². The molecule has 2 fully saturated rings. The van der Waals surface area contributed by atoms with E-state index in [2.05, 4.69) is 14.9 Å². The summed E-state index contributed by atoms with van der Waals surface area (Å²) in [5.41, 5.74) is 1.34. The Labute approximate surface area is 162 Å². The molecule has 1 atom stereocenters. The van der Waals surface area contributed by atoms with Gasteiger partial charge in [-0.15, -0.1) is 0 Å². The zero-order chi connectivity index (χ0) is 19.1. The van der Waals surface area contributed by atoms with Gasteiger partial charge in [-0.1, -0.05) is 0 Å². The largest absolute Gasteiger partial charge is 0.383 e. The average molecular weight is 377 g/mol. The third kappa shape index (κ3) is 5.70. The molecule has 7 heteroatoms. The first kappa shape index (κ1) is 20.2. The molecule has 0 N–H and O–H groups in total. The summed E-state index contributed by atoms with van der Waals surface area (Å²) < 4.78 is 11.0. The standard InChI is InChI=1S/C20H32N4O3/c1-16-19(12-21-15-22-16)20(25)24(14-18-4-3-10-27-18)13-17-5-7-23(8-6-17)9-11-26-2/h12,15,17-18H,3-11,13-14H2,1-2H3/t18-/m0/s1. The van der Waals surface area contributed by atoms with Gasteiger partial charge in [0.15, 0.2) is 0 Å². The first-order chi connectivity index (χ1) is 13.2. The van der Waals surface area contributed by atoms with E-state index in [1.807, 2.05) is 11.8 Å². The van der Waals surface area contributed by atoms with Gasteiger partial charge in [-0.05, 0) is 51.6 Å². The zero-order valence-corrected chi connectivity index (χ0v) is 16.6. The van der Waals surface area contributed by atoms with Crippen LogP contribution in [0.1, 0.15) is 41.7 Å². The predicted molar refractivity (Wildman–Crippen MR) is 103 cm³/mol. The average Bonchev–Trinajstić information content (AvgIpc) is 3.20. The molecule has 1 amide bonds. The number of amides is 1. The van der Waals surface area contributed by atoms with Crippen molar-refractivity contribution in [2.24, 2.45) is 5.92 Å². The molecule has 0 radical (unpaired) electrons. The SMILES string of the molecule is COCCN1CCC(CN(C[C@@H]2CCCO2)C(=O)c2cncnc2C)CC1. The van der Waals surface area contributed by atoms with E-state index in [1.54, 1.807) is 13.3 Å². The first-order valence-electron chi connectivity index (χ1n) is 10.1. The van der Waals surface area contributed by atoms with E-state index < -0.39 is 0 Å². The smallest absolute Gasteiger partial charge is 0.257 e. The van der Waals surface area contributed by atoms with Crippen LogP contribution in [0, 0.1) is 12.8 Å². The molecule has 0 saturated carbocycles. The maximum absolute atomic E-state index is 13.2. The van der Waals surface area contributed by atoms with E-state index in [4.69, 9.17) is 9.47 Å². The van der Waals surface area contributed by atoms with Crippen molar-refractivity contribution in [1.82, 2.24) is 19.8 Å². The quantitative estimate of drug-likeness (QED) is 0.689. The molecule has 0 unspecified atom stereocenters. The lowest BCUT2D eigenvalue weighted by Gasteiger charge is -2.35. The van der Waals surface area contributed by atoms with Crippen molar-refractivity contribution in [3.05, 3.63) is 23.8 Å². The number of rotatable bonds is 8. The number of hydrogen-bond donors (Lipinski definition) is 0. The molecule has 0 aliphatic carbocycles. The number of likely N-dealkylation sites (tertiary alicyclic amines) is 1. The molecule has 0 aromatic carbocycles. The lowest BCUT2D eigenvalue weighted by Crippen LogP contribution is -2.44. The highest BCUT2D eigenvalue weighted by atomic mass is 16.5. The van der Waals surface area contributed by atoms with Crippen LogP contribution in [0.3, 0.4) is 0 Å². The fourth-order valence-corrected chi connectivity index (χ4v) is 3.97. The fourth-order valence-electron chi connectivity index (χ4n) is 3.97. The lowest BCUT2D eigenvalue weighted by molar-refractivity contribution is 0.0435. The van der Waals surface area contributed by atoms with E-state index in [-0.39, 0.29) is 12.0 Å². The summed E-state index contributed by atoms with van der Waals surface area (Å²) in [6.45, 7) is 8.03. The van der Waals surface area contributed by atoms with Crippen molar-refractivity contribution in [3.8, 4) is 0 Å². The lowest BCUT2D eigenvalue weighted by atomic mass is 9.95. The van der Waals surface area contributed by atoms with Gasteiger partial charge in [-0.2, -0.15) is 0 Å². The number of carbonyl (C=O) groups excluding carboxylic acids is 1. The van der Waals surface area contributed by atoms with Crippen molar-refractivity contribution in [2.45, 2.75) is 38.7 Å². The summed E-state index contributed by atoms with van der Waals surface area (Å²) in [6, 6.07) is 0. The molecule has 2 saturated heterocycles. The Morgan fingerprint density at radius 3 is 2.81 bits per heavy atom. The van der Waals surface area contributed by atoms with E-state index >= 15 is 0 Å². The summed E-state index contributed by atoms with van der Waals surface area (Å²) in [5, 5.41) is 0. The van der Waals surface area contributed by atoms with Gasteiger partial charge < -0.3 is 19.3 Å². The van der Waals surface area contributed by atoms with Crippen LogP contribution in [-0.2, 0) is 9.47 Å². The highest BCUT2D eigenvalue weighted by Gasteiger charge is 2.28. The van der Waals surface area contributed by atoms with Gasteiger partial charge in [0.2, 0.25) is 0 Å². The highest BCUT2D eigenvalue weighted by molar-refractivity contribution is 5.94. The van der Waals surface area contributed by atoms with Crippen LogP contribution in [0.25, 0.3) is 0 Å². The van der Waals surface area contributed by atoms with E-state index in [1.165, 1.54) is 6.33 Å². The number of piperidine rings is 1. The van der Waals surface area contributed by atoms with Crippen molar-refractivity contribution < 1.29 is 14.3 Å². The maximum atomic E-state index is 13.2. The van der Waals surface area contributed by atoms with Crippen molar-refractivity contribution in [2.75, 3.05) is 53.0 Å². The Morgan fingerprint density at radius 1 is 1.33 bits per heavy atom. The molecule has 3 rings (SSSR count). The Balaban J connectivity index is 1.62. The van der Waals surface area contributed by atoms with Crippen LogP contribution in [0.2, 0.25) is 0 Å². The third-order valence-corrected chi connectivity index (χ3v) is 5.67. The Morgan fingerprint density at radius 2 is 2.15 bits per heavy atom. The van der Waals surface area contributed by atoms with Crippen LogP contribution in [0.4, 0.5) is 0 Å². The molecule has 27 heavy (non-hydrogen) atoms. The van der Waals surface area contributed by atoms with Crippen LogP contribution in [0.5, 0.6) is 0 Å². The van der Waals surface area contributed by atoms with Crippen molar-refractivity contribution in [1.29, 1.82) is 0 Å². The summed E-state index contributed by atoms with van der Waals surface area (Å²) in [7, 11) is 1.75. The monoisotopic (exact) mass is 376 g/mol. The Hall–Kier alpha value is -1.57. The maximum Gasteiger partial charge on any atom is 0.257 e. The molecule has 2 aliphatic rings. The zero-order valence-electron chi connectivity index (χ0n) is 16.6. The van der Waals surface area contributed by atoms with E-state index in [0.717, 1.165) is 70.8 Å². The normalized spacial score (nSPS) is 21.5. The Kier molecular flexibility index (Phi) is 7.55. The molecule has 3 heterocycles. The van der Waals surface area contributed by atoms with Crippen LogP contribution in [-0.4, -0.2) is 84.8 Å². The second-order valence-corrected chi connectivity index (χ2v) is 7.64. The molecule has 7 nitrogen and oxygen atoms in total. The van der Waals surface area contributed by atoms with Crippen molar-refractivity contribution in [3.63, 3.8) is 0 Å². The Bertz CT molecular complexity index is 599. The number of aryl methyl sites for hydroxylation is 1. The minimum absolute atomic E-state index is 0.0328. The molecule has 0 bridgehead atoms. The predicted octanol–water partition coefficient (Wildman–Crippen LogP) is 1.76. The third-order valence-electron chi connectivity index (χ3n) is 5.67. The number of ether oxygens (including phenoxy) is 2. The van der Waals surface area contributed by atoms with Gasteiger partial charge in [0, 0.05) is 39.5 Å². The van der Waals surface area contributed by atoms with Gasteiger partial charge >= 0.3 is 0 Å². The van der Waals surface area contributed by atoms with Gasteiger partial charge in [-0.25, -0.2) is 9.97 Å². The van der Waals surface area contributed by atoms with Crippen LogP contribution in [0.15, 0.2) is 12.5 Å². The van der Waals surface area contributed by atoms with Gasteiger partial charge in [0.1, 0.15) is 6.33 Å². The first-order valence-corrected chi connectivity index (χ1v) is 10.1. The molecule has 1 aromatic rings. The molecule has 1 aromatic heterocycles. The van der Waals surface area contributed by atoms with Gasteiger partial charge in [-0.3, -0.25) is 4.79 Å². The number of methoxy groups -OCH3 is 1. The number of nitrogens with zero attached hydrogens (tertiary/aromatic N) is 4. The molecule has 150 valence electrons. The number of aromatic nitrogens is 2. The number of carbonyl (C=O) groups is 1. The fraction of sp³-hybridized carbons (Fsp3) is 0.750. The second-order valence-electron chi connectivity index (χ2n) is 7.64. The molecular formula is C20H32N4O3. The van der Waals surface area contributed by atoms with Crippen LogP contribution < -0.4 is 0 Å². The summed E-state index contributed by atoms with van der Waals surface area (Å²) in [5.74, 6) is 0.560.